The Kier molecular flexibility index (Phi) is 6.28. The predicted molar refractivity (Wildman–Crippen MR) is 76.6 cm³/mol. The van der Waals surface area contributed by atoms with Crippen LogP contribution in [0.1, 0.15) is 19.4 Å². The Morgan fingerprint density at radius 3 is 2.74 bits per heavy atom. The highest BCUT2D eigenvalue weighted by Crippen LogP contribution is 2.12. The summed E-state index contributed by atoms with van der Waals surface area (Å²) < 4.78 is 10.7. The smallest absolute Gasteiger partial charge is 0.119 e. The molecule has 1 aromatic rings. The lowest BCUT2D eigenvalue weighted by atomic mass is 10.1. The van der Waals surface area contributed by atoms with E-state index in [1.807, 2.05) is 45.0 Å². The van der Waals surface area contributed by atoms with Crippen LogP contribution >= 0.6 is 0 Å². The number of ether oxygens (including phenoxy) is 2. The van der Waals surface area contributed by atoms with Gasteiger partial charge < -0.3 is 19.9 Å². The summed E-state index contributed by atoms with van der Waals surface area (Å²) in [5.41, 5.74) is 0.991. The van der Waals surface area contributed by atoms with Crippen LogP contribution in [0.15, 0.2) is 24.3 Å². The van der Waals surface area contributed by atoms with Crippen LogP contribution in [0.4, 0.5) is 0 Å². The summed E-state index contributed by atoms with van der Waals surface area (Å²) in [6.07, 6.45) is -0.545. The topological polar surface area (TPSA) is 50.7 Å². The molecule has 0 spiro atoms. The Hall–Kier alpha value is -1.10. The number of β-amino-alcohol motifs (C(OH)–C–C–N with tert-alkyl or cyclic N) is 1. The molecule has 1 aromatic carbocycles. The minimum atomic E-state index is -0.545. The molecule has 0 radical (unpaired) electrons. The van der Waals surface area contributed by atoms with Gasteiger partial charge in [0, 0.05) is 19.2 Å². The summed E-state index contributed by atoms with van der Waals surface area (Å²) in [4.78, 5) is 0. The Morgan fingerprint density at radius 1 is 1.37 bits per heavy atom. The molecule has 19 heavy (non-hydrogen) atoms. The zero-order chi connectivity index (χ0) is 14.3. The minimum absolute atomic E-state index is 0.154. The largest absolute Gasteiger partial charge is 0.491 e. The highest BCUT2D eigenvalue weighted by atomic mass is 16.5. The molecule has 4 nitrogen and oxygen atoms in total. The third kappa shape index (κ3) is 6.57. The van der Waals surface area contributed by atoms with E-state index in [9.17, 15) is 5.11 Å². The van der Waals surface area contributed by atoms with Crippen LogP contribution in [-0.2, 0) is 4.74 Å². The quantitative estimate of drug-likeness (QED) is 0.753. The maximum absolute atomic E-state index is 9.88. The fourth-order valence-corrected chi connectivity index (χ4v) is 1.76. The zero-order valence-electron chi connectivity index (χ0n) is 12.3. The van der Waals surface area contributed by atoms with Crippen LogP contribution in [0.2, 0.25) is 0 Å². The van der Waals surface area contributed by atoms with Gasteiger partial charge in [-0.05, 0) is 38.5 Å². The molecule has 0 bridgehead atoms. The number of nitrogens with one attached hydrogen (secondary N) is 1. The van der Waals surface area contributed by atoms with Gasteiger partial charge in [0.2, 0.25) is 0 Å². The summed E-state index contributed by atoms with van der Waals surface area (Å²) in [6.45, 7) is 7.42. The first kappa shape index (κ1) is 16.0. The molecule has 2 N–H and O–H groups in total. The van der Waals surface area contributed by atoms with Crippen molar-refractivity contribution in [2.24, 2.45) is 0 Å². The van der Waals surface area contributed by atoms with Crippen molar-refractivity contribution in [3.05, 3.63) is 29.8 Å². The predicted octanol–water partition coefficient (Wildman–Crippen LogP) is 1.75. The summed E-state index contributed by atoms with van der Waals surface area (Å²) >= 11 is 0. The molecular weight excluding hydrogens is 242 g/mol. The first-order valence-corrected chi connectivity index (χ1v) is 6.54. The monoisotopic (exact) mass is 267 g/mol. The van der Waals surface area contributed by atoms with Crippen LogP contribution in [-0.4, -0.2) is 43.6 Å². The van der Waals surface area contributed by atoms with Crippen molar-refractivity contribution in [1.82, 2.24) is 5.32 Å². The second-order valence-corrected chi connectivity index (χ2v) is 5.48. The third-order valence-corrected chi connectivity index (χ3v) is 2.75. The highest BCUT2D eigenvalue weighted by molar-refractivity contribution is 5.27. The summed E-state index contributed by atoms with van der Waals surface area (Å²) in [6, 6.07) is 7.80. The number of rotatable bonds is 8. The molecule has 0 heterocycles. The van der Waals surface area contributed by atoms with Crippen LogP contribution in [0.3, 0.4) is 0 Å². The number of aliphatic hydroxyl groups excluding tert-OH is 1. The van der Waals surface area contributed by atoms with Gasteiger partial charge in [-0.3, -0.25) is 0 Å². The number of methoxy groups -OCH3 is 1. The Morgan fingerprint density at radius 2 is 2.11 bits per heavy atom. The van der Waals surface area contributed by atoms with Gasteiger partial charge in [0.1, 0.15) is 18.5 Å². The van der Waals surface area contributed by atoms with Gasteiger partial charge in [0.25, 0.3) is 0 Å². The fraction of sp³-hybridized carbons (Fsp3) is 0.600. The van der Waals surface area contributed by atoms with Crippen molar-refractivity contribution in [2.75, 3.05) is 26.9 Å². The summed E-state index contributed by atoms with van der Waals surface area (Å²) in [5.74, 6) is 0.787. The van der Waals surface area contributed by atoms with E-state index in [-0.39, 0.29) is 12.1 Å². The minimum Gasteiger partial charge on any atom is -0.491 e. The van der Waals surface area contributed by atoms with Crippen molar-refractivity contribution in [3.63, 3.8) is 0 Å². The standard InChI is InChI=1S/C15H25NO3/c1-12-6-5-7-14(8-12)19-10-13(17)9-16-15(2,3)11-18-4/h5-8,13,16-17H,9-11H2,1-4H3. The second-order valence-electron chi connectivity index (χ2n) is 5.48. The van der Waals surface area contributed by atoms with E-state index in [2.05, 4.69) is 5.32 Å². The van der Waals surface area contributed by atoms with E-state index < -0.39 is 6.10 Å². The Bertz CT molecular complexity index is 379. The molecule has 0 saturated carbocycles. The summed E-state index contributed by atoms with van der Waals surface area (Å²) in [5, 5.41) is 13.1. The molecule has 1 atom stereocenters. The van der Waals surface area contributed by atoms with Crippen molar-refractivity contribution in [2.45, 2.75) is 32.4 Å². The lowest BCUT2D eigenvalue weighted by Gasteiger charge is -2.26. The van der Waals surface area contributed by atoms with Crippen molar-refractivity contribution < 1.29 is 14.6 Å². The lowest BCUT2D eigenvalue weighted by Crippen LogP contribution is -2.47. The van der Waals surface area contributed by atoms with Crippen molar-refractivity contribution in [3.8, 4) is 5.75 Å². The van der Waals surface area contributed by atoms with E-state index in [4.69, 9.17) is 9.47 Å². The van der Waals surface area contributed by atoms with Crippen LogP contribution in [0, 0.1) is 6.92 Å². The molecule has 0 aliphatic heterocycles. The first-order valence-electron chi connectivity index (χ1n) is 6.54. The normalized spacial score (nSPS) is 13.3. The highest BCUT2D eigenvalue weighted by Gasteiger charge is 2.18. The van der Waals surface area contributed by atoms with Gasteiger partial charge in [-0.1, -0.05) is 12.1 Å². The van der Waals surface area contributed by atoms with Gasteiger partial charge in [-0.2, -0.15) is 0 Å². The van der Waals surface area contributed by atoms with Crippen molar-refractivity contribution >= 4 is 0 Å². The first-order chi connectivity index (χ1) is 8.93. The molecule has 0 fully saturated rings. The van der Waals surface area contributed by atoms with Gasteiger partial charge in [-0.25, -0.2) is 0 Å². The molecule has 1 unspecified atom stereocenters. The molecule has 0 aromatic heterocycles. The molecule has 0 saturated heterocycles. The van der Waals surface area contributed by atoms with Gasteiger partial charge in [-0.15, -0.1) is 0 Å². The number of hydrogen-bond acceptors (Lipinski definition) is 4. The maximum Gasteiger partial charge on any atom is 0.119 e. The number of aliphatic hydroxyl groups is 1. The molecular formula is C15H25NO3. The number of aryl methyl sites for hydroxylation is 1. The van der Waals surface area contributed by atoms with Crippen LogP contribution in [0.5, 0.6) is 5.75 Å². The Labute approximate surface area is 115 Å². The maximum atomic E-state index is 9.88. The number of hydrogen-bond donors (Lipinski definition) is 2. The van der Waals surface area contributed by atoms with E-state index in [1.54, 1.807) is 7.11 Å². The average Bonchev–Trinajstić information content (AvgIpc) is 2.34. The number of benzene rings is 1. The molecule has 1 rings (SSSR count). The van der Waals surface area contributed by atoms with E-state index in [1.165, 1.54) is 0 Å². The molecule has 4 heteroatoms. The van der Waals surface area contributed by atoms with Crippen molar-refractivity contribution in [1.29, 1.82) is 0 Å². The van der Waals surface area contributed by atoms with Gasteiger partial charge in [0.05, 0.1) is 6.61 Å². The molecule has 0 amide bonds. The third-order valence-electron chi connectivity index (χ3n) is 2.75. The molecule has 0 aliphatic carbocycles. The zero-order valence-corrected chi connectivity index (χ0v) is 12.3. The molecule has 0 aliphatic rings. The van der Waals surface area contributed by atoms with Crippen LogP contribution < -0.4 is 10.1 Å². The Balaban J connectivity index is 2.30. The molecule has 108 valence electrons. The average molecular weight is 267 g/mol. The van der Waals surface area contributed by atoms with E-state index >= 15 is 0 Å². The lowest BCUT2D eigenvalue weighted by molar-refractivity contribution is 0.0813. The fourth-order valence-electron chi connectivity index (χ4n) is 1.76. The van der Waals surface area contributed by atoms with E-state index in [0.717, 1.165) is 11.3 Å². The van der Waals surface area contributed by atoms with E-state index in [0.29, 0.717) is 13.2 Å². The van der Waals surface area contributed by atoms with Gasteiger partial charge in [0.15, 0.2) is 0 Å². The van der Waals surface area contributed by atoms with Gasteiger partial charge >= 0.3 is 0 Å². The van der Waals surface area contributed by atoms with Crippen LogP contribution in [0.25, 0.3) is 0 Å². The summed E-state index contributed by atoms with van der Waals surface area (Å²) in [7, 11) is 1.67. The second kappa shape index (κ2) is 7.48. The SMILES string of the molecule is COCC(C)(C)NCC(O)COc1cccc(C)c1.